The van der Waals surface area contributed by atoms with Gasteiger partial charge in [0.15, 0.2) is 0 Å². The van der Waals surface area contributed by atoms with Crippen LogP contribution in [0.2, 0.25) is 0 Å². The Morgan fingerprint density at radius 3 is 2.63 bits per heavy atom. The summed E-state index contributed by atoms with van der Waals surface area (Å²) in [5, 5.41) is 3.78. The second-order valence-electron chi connectivity index (χ2n) is 4.30. The summed E-state index contributed by atoms with van der Waals surface area (Å²) in [6.45, 7) is 1.88. The summed E-state index contributed by atoms with van der Waals surface area (Å²) < 4.78 is 39.3. The molecule has 0 unspecified atom stereocenters. The molecular weight excluding hydrogens is 285 g/mol. The second-order valence-corrected chi connectivity index (χ2v) is 7.13. The Morgan fingerprint density at radius 1 is 1.32 bits per heavy atom. The first-order chi connectivity index (χ1) is 8.91. The van der Waals surface area contributed by atoms with Crippen LogP contribution in [-0.4, -0.2) is 19.8 Å². The number of rotatable bonds is 4. The molecule has 19 heavy (non-hydrogen) atoms. The van der Waals surface area contributed by atoms with Crippen molar-refractivity contribution in [2.45, 2.75) is 18.4 Å². The van der Waals surface area contributed by atoms with Gasteiger partial charge in [0.1, 0.15) is 5.82 Å². The van der Waals surface area contributed by atoms with Gasteiger partial charge >= 0.3 is 0 Å². The van der Waals surface area contributed by atoms with E-state index in [2.05, 4.69) is 0 Å². The number of nitrogens with zero attached hydrogens (tertiary/aromatic N) is 1. The van der Waals surface area contributed by atoms with Gasteiger partial charge in [-0.05, 0) is 47.0 Å². The monoisotopic (exact) mass is 299 g/mol. The SMILES string of the molecule is Cc1ccc(S(=O)(=O)N(C)Cc2ccsc2)cc1F. The molecule has 0 aliphatic heterocycles. The minimum absolute atomic E-state index is 0.0201. The normalized spacial score (nSPS) is 12.0. The zero-order valence-corrected chi connectivity index (χ0v) is 12.3. The van der Waals surface area contributed by atoms with Crippen LogP contribution < -0.4 is 0 Å². The van der Waals surface area contributed by atoms with Crippen molar-refractivity contribution in [3.63, 3.8) is 0 Å². The maximum absolute atomic E-state index is 13.5. The lowest BCUT2D eigenvalue weighted by atomic mass is 10.2. The minimum Gasteiger partial charge on any atom is -0.207 e. The van der Waals surface area contributed by atoms with Gasteiger partial charge in [-0.3, -0.25) is 0 Å². The highest BCUT2D eigenvalue weighted by Gasteiger charge is 2.21. The number of sulfonamides is 1. The maximum atomic E-state index is 13.5. The molecule has 0 saturated carbocycles. The van der Waals surface area contributed by atoms with E-state index in [-0.39, 0.29) is 11.4 Å². The average molecular weight is 299 g/mol. The first-order valence-corrected chi connectivity index (χ1v) is 8.03. The van der Waals surface area contributed by atoms with E-state index in [1.165, 1.54) is 34.8 Å². The Balaban J connectivity index is 2.28. The molecule has 1 heterocycles. The van der Waals surface area contributed by atoms with Gasteiger partial charge in [-0.2, -0.15) is 15.6 Å². The number of hydrogen-bond acceptors (Lipinski definition) is 3. The predicted molar refractivity (Wildman–Crippen MR) is 74.1 cm³/mol. The molecule has 2 aromatic rings. The number of halogens is 1. The van der Waals surface area contributed by atoms with Crippen molar-refractivity contribution in [2.75, 3.05) is 7.05 Å². The lowest BCUT2D eigenvalue weighted by Gasteiger charge is -2.16. The van der Waals surface area contributed by atoms with E-state index in [4.69, 9.17) is 0 Å². The maximum Gasteiger partial charge on any atom is 0.243 e. The van der Waals surface area contributed by atoms with Gasteiger partial charge in [-0.15, -0.1) is 0 Å². The van der Waals surface area contributed by atoms with E-state index in [1.54, 1.807) is 6.92 Å². The molecule has 0 atom stereocenters. The number of aryl methyl sites for hydroxylation is 1. The molecule has 102 valence electrons. The van der Waals surface area contributed by atoms with Gasteiger partial charge in [0.05, 0.1) is 4.90 Å². The Labute approximate surface area is 116 Å². The smallest absolute Gasteiger partial charge is 0.207 e. The number of hydrogen-bond donors (Lipinski definition) is 0. The van der Waals surface area contributed by atoms with Gasteiger partial charge in [-0.25, -0.2) is 12.8 Å². The largest absolute Gasteiger partial charge is 0.243 e. The van der Waals surface area contributed by atoms with E-state index in [0.29, 0.717) is 5.56 Å². The summed E-state index contributed by atoms with van der Waals surface area (Å²) in [5.41, 5.74) is 1.35. The summed E-state index contributed by atoms with van der Waals surface area (Å²) in [5.74, 6) is -0.509. The fourth-order valence-corrected chi connectivity index (χ4v) is 3.47. The van der Waals surface area contributed by atoms with Crippen molar-refractivity contribution in [3.05, 3.63) is 52.0 Å². The molecule has 1 aromatic heterocycles. The Bertz CT molecular complexity index is 666. The number of thiophene rings is 1. The summed E-state index contributed by atoms with van der Waals surface area (Å²) in [6, 6.07) is 5.83. The van der Waals surface area contributed by atoms with Crippen molar-refractivity contribution in [3.8, 4) is 0 Å². The lowest BCUT2D eigenvalue weighted by Crippen LogP contribution is -2.26. The van der Waals surface area contributed by atoms with Gasteiger partial charge in [-0.1, -0.05) is 6.07 Å². The first-order valence-electron chi connectivity index (χ1n) is 5.65. The molecule has 0 radical (unpaired) electrons. The fourth-order valence-electron chi connectivity index (χ4n) is 1.64. The summed E-state index contributed by atoms with van der Waals surface area (Å²) >= 11 is 1.51. The highest BCUT2D eigenvalue weighted by molar-refractivity contribution is 7.89. The van der Waals surface area contributed by atoms with Crippen LogP contribution in [-0.2, 0) is 16.6 Å². The molecule has 0 bridgehead atoms. The van der Waals surface area contributed by atoms with E-state index in [0.717, 1.165) is 11.6 Å². The van der Waals surface area contributed by atoms with E-state index in [1.807, 2.05) is 16.8 Å². The molecule has 3 nitrogen and oxygen atoms in total. The topological polar surface area (TPSA) is 37.4 Å². The van der Waals surface area contributed by atoms with Crippen LogP contribution in [0, 0.1) is 12.7 Å². The zero-order chi connectivity index (χ0) is 14.0. The van der Waals surface area contributed by atoms with Gasteiger partial charge in [0.2, 0.25) is 10.0 Å². The van der Waals surface area contributed by atoms with Crippen molar-refractivity contribution >= 4 is 21.4 Å². The summed E-state index contributed by atoms with van der Waals surface area (Å²) in [4.78, 5) is -0.0201. The van der Waals surface area contributed by atoms with Crippen LogP contribution in [0.25, 0.3) is 0 Å². The van der Waals surface area contributed by atoms with Crippen LogP contribution in [0.3, 0.4) is 0 Å². The predicted octanol–water partition coefficient (Wildman–Crippen LogP) is 3.02. The van der Waals surface area contributed by atoms with Crippen molar-refractivity contribution in [2.24, 2.45) is 0 Å². The van der Waals surface area contributed by atoms with Gasteiger partial charge in [0, 0.05) is 13.6 Å². The van der Waals surface area contributed by atoms with Crippen LogP contribution in [0.5, 0.6) is 0 Å². The Hall–Kier alpha value is -1.24. The molecule has 2 rings (SSSR count). The second kappa shape index (κ2) is 5.40. The average Bonchev–Trinajstić information content (AvgIpc) is 2.85. The van der Waals surface area contributed by atoms with Crippen LogP contribution in [0.4, 0.5) is 4.39 Å². The third kappa shape index (κ3) is 3.02. The van der Waals surface area contributed by atoms with Crippen molar-refractivity contribution in [1.29, 1.82) is 0 Å². The van der Waals surface area contributed by atoms with Gasteiger partial charge < -0.3 is 0 Å². The molecule has 0 aliphatic rings. The Morgan fingerprint density at radius 2 is 2.05 bits per heavy atom. The minimum atomic E-state index is -3.66. The summed E-state index contributed by atoms with van der Waals surface area (Å²) in [6.07, 6.45) is 0. The Kier molecular flexibility index (Phi) is 4.03. The third-order valence-electron chi connectivity index (χ3n) is 2.84. The standard InChI is InChI=1S/C13H14FNO2S2/c1-10-3-4-12(7-13(10)14)19(16,17)15(2)8-11-5-6-18-9-11/h3-7,9H,8H2,1-2H3. The van der Waals surface area contributed by atoms with E-state index in [9.17, 15) is 12.8 Å². The molecule has 0 saturated heterocycles. The molecule has 0 N–H and O–H groups in total. The molecule has 1 aromatic carbocycles. The van der Waals surface area contributed by atoms with Crippen LogP contribution >= 0.6 is 11.3 Å². The molecular formula is C13H14FNO2S2. The van der Waals surface area contributed by atoms with E-state index < -0.39 is 15.8 Å². The quantitative estimate of drug-likeness (QED) is 0.870. The van der Waals surface area contributed by atoms with E-state index >= 15 is 0 Å². The molecule has 0 fully saturated rings. The fraction of sp³-hybridized carbons (Fsp3) is 0.231. The first kappa shape index (κ1) is 14.2. The lowest BCUT2D eigenvalue weighted by molar-refractivity contribution is 0.466. The van der Waals surface area contributed by atoms with Crippen LogP contribution in [0.1, 0.15) is 11.1 Å². The molecule has 0 spiro atoms. The van der Waals surface area contributed by atoms with Gasteiger partial charge in [0.25, 0.3) is 0 Å². The molecule has 0 amide bonds. The molecule has 0 aliphatic carbocycles. The number of benzene rings is 1. The summed E-state index contributed by atoms with van der Waals surface area (Å²) in [7, 11) is -2.17. The zero-order valence-electron chi connectivity index (χ0n) is 10.6. The molecule has 6 heteroatoms. The van der Waals surface area contributed by atoms with Crippen molar-refractivity contribution in [1.82, 2.24) is 4.31 Å². The highest BCUT2D eigenvalue weighted by atomic mass is 32.2. The van der Waals surface area contributed by atoms with Crippen LogP contribution in [0.15, 0.2) is 39.9 Å². The van der Waals surface area contributed by atoms with Crippen molar-refractivity contribution < 1.29 is 12.8 Å². The third-order valence-corrected chi connectivity index (χ3v) is 5.37. The highest BCUT2D eigenvalue weighted by Crippen LogP contribution is 2.20.